The van der Waals surface area contributed by atoms with Crippen molar-refractivity contribution in [1.82, 2.24) is 4.90 Å². The lowest BCUT2D eigenvalue weighted by molar-refractivity contribution is 0.114. The fourth-order valence-corrected chi connectivity index (χ4v) is 4.74. The molecule has 0 heterocycles. The number of anilines is 1. The molecule has 0 aliphatic heterocycles. The van der Waals surface area contributed by atoms with E-state index in [1.165, 1.54) is 38.5 Å². The normalized spacial score (nSPS) is 19.6. The Morgan fingerprint density at radius 1 is 0.800 bits per heavy atom. The highest BCUT2D eigenvalue weighted by molar-refractivity contribution is 6.44. The minimum atomic E-state index is -0.0564. The first-order valence-electron chi connectivity index (χ1n) is 9.30. The SMILES string of the molecule is O=C(Nc1cc(Cl)c(Cl)cc1Cl)N(C1CCCCC1)C1CCCCC1. The maximum atomic E-state index is 13.1. The number of nitrogens with one attached hydrogen (secondary N) is 1. The number of benzene rings is 1. The van der Waals surface area contributed by atoms with E-state index in [0.717, 1.165) is 25.7 Å². The lowest BCUT2D eigenvalue weighted by atomic mass is 9.89. The highest BCUT2D eigenvalue weighted by Gasteiger charge is 2.32. The predicted molar refractivity (Wildman–Crippen MR) is 106 cm³/mol. The van der Waals surface area contributed by atoms with Crippen LogP contribution in [0.2, 0.25) is 15.1 Å². The summed E-state index contributed by atoms with van der Waals surface area (Å²) in [5.74, 6) is 0. The number of hydrogen-bond donors (Lipinski definition) is 1. The molecule has 1 N–H and O–H groups in total. The van der Waals surface area contributed by atoms with Crippen molar-refractivity contribution in [1.29, 1.82) is 0 Å². The van der Waals surface area contributed by atoms with Gasteiger partial charge in [0.25, 0.3) is 0 Å². The first-order chi connectivity index (χ1) is 12.1. The van der Waals surface area contributed by atoms with Crippen molar-refractivity contribution < 1.29 is 4.79 Å². The van der Waals surface area contributed by atoms with Crippen LogP contribution in [-0.2, 0) is 0 Å². The Morgan fingerprint density at radius 2 is 1.28 bits per heavy atom. The molecule has 2 aliphatic rings. The minimum Gasteiger partial charge on any atom is -0.319 e. The lowest BCUT2D eigenvalue weighted by Gasteiger charge is -2.41. The number of halogens is 3. The van der Waals surface area contributed by atoms with Crippen LogP contribution in [0.15, 0.2) is 12.1 Å². The van der Waals surface area contributed by atoms with Gasteiger partial charge in [-0.1, -0.05) is 73.3 Å². The van der Waals surface area contributed by atoms with Gasteiger partial charge in [0.05, 0.1) is 20.8 Å². The summed E-state index contributed by atoms with van der Waals surface area (Å²) in [7, 11) is 0. The zero-order valence-electron chi connectivity index (χ0n) is 14.4. The summed E-state index contributed by atoms with van der Waals surface area (Å²) < 4.78 is 0. The highest BCUT2D eigenvalue weighted by atomic mass is 35.5. The van der Waals surface area contributed by atoms with Crippen molar-refractivity contribution in [2.45, 2.75) is 76.3 Å². The molecule has 3 rings (SSSR count). The predicted octanol–water partition coefficient (Wildman–Crippen LogP) is 7.15. The summed E-state index contributed by atoms with van der Waals surface area (Å²) in [6, 6.07) is 3.81. The summed E-state index contributed by atoms with van der Waals surface area (Å²) >= 11 is 18.3. The molecule has 0 spiro atoms. The molecule has 0 bridgehead atoms. The van der Waals surface area contributed by atoms with Crippen LogP contribution in [0.3, 0.4) is 0 Å². The zero-order valence-corrected chi connectivity index (χ0v) is 16.6. The van der Waals surface area contributed by atoms with Gasteiger partial charge in [-0.15, -0.1) is 0 Å². The van der Waals surface area contributed by atoms with Crippen LogP contribution in [-0.4, -0.2) is 23.0 Å². The average Bonchev–Trinajstić information content (AvgIpc) is 2.62. The van der Waals surface area contributed by atoms with Crippen LogP contribution >= 0.6 is 34.8 Å². The third kappa shape index (κ3) is 4.75. The molecule has 0 radical (unpaired) electrons. The molecule has 3 nitrogen and oxygen atoms in total. The maximum Gasteiger partial charge on any atom is 0.322 e. The summed E-state index contributed by atoms with van der Waals surface area (Å²) in [6.07, 6.45) is 11.7. The first kappa shape index (κ1) is 19.1. The van der Waals surface area contributed by atoms with E-state index in [0.29, 0.717) is 32.8 Å². The van der Waals surface area contributed by atoms with Crippen LogP contribution < -0.4 is 5.32 Å². The van der Waals surface area contributed by atoms with Gasteiger partial charge < -0.3 is 10.2 Å². The Kier molecular flexibility index (Phi) is 6.76. The molecule has 6 heteroatoms. The van der Waals surface area contributed by atoms with E-state index < -0.39 is 0 Å². The third-order valence-electron chi connectivity index (χ3n) is 5.42. The molecule has 0 atom stereocenters. The van der Waals surface area contributed by atoms with Crippen LogP contribution in [0, 0.1) is 0 Å². The van der Waals surface area contributed by atoms with E-state index in [-0.39, 0.29) is 6.03 Å². The molecule has 1 aromatic carbocycles. The largest absolute Gasteiger partial charge is 0.322 e. The number of carbonyl (C=O) groups is 1. The van der Waals surface area contributed by atoms with Gasteiger partial charge in [-0.05, 0) is 37.8 Å². The number of amides is 2. The van der Waals surface area contributed by atoms with Crippen LogP contribution in [0.4, 0.5) is 10.5 Å². The highest BCUT2D eigenvalue weighted by Crippen LogP contribution is 2.34. The Hall–Kier alpha value is -0.640. The third-order valence-corrected chi connectivity index (χ3v) is 6.46. The smallest absolute Gasteiger partial charge is 0.319 e. The molecular formula is C19H25Cl3N2O. The van der Waals surface area contributed by atoms with E-state index in [4.69, 9.17) is 34.8 Å². The molecule has 2 fully saturated rings. The number of hydrogen-bond acceptors (Lipinski definition) is 1. The fraction of sp³-hybridized carbons (Fsp3) is 0.632. The number of carbonyl (C=O) groups excluding carboxylic acids is 1. The second-order valence-electron chi connectivity index (χ2n) is 7.17. The summed E-state index contributed by atoms with van der Waals surface area (Å²) in [6.45, 7) is 0. The molecule has 1 aromatic rings. The number of nitrogens with zero attached hydrogens (tertiary/aromatic N) is 1. The molecule has 0 saturated heterocycles. The van der Waals surface area contributed by atoms with E-state index in [1.54, 1.807) is 12.1 Å². The minimum absolute atomic E-state index is 0.0564. The zero-order chi connectivity index (χ0) is 17.8. The monoisotopic (exact) mass is 402 g/mol. The molecule has 2 aliphatic carbocycles. The molecule has 0 unspecified atom stereocenters. The van der Waals surface area contributed by atoms with Gasteiger partial charge in [-0.2, -0.15) is 0 Å². The topological polar surface area (TPSA) is 32.3 Å². The molecule has 138 valence electrons. The molecular weight excluding hydrogens is 379 g/mol. The Labute approximate surface area is 165 Å². The standard InChI is InChI=1S/C19H25Cl3N2O/c20-15-11-17(22)18(12-16(15)21)23-19(25)24(13-7-3-1-4-8-13)14-9-5-2-6-10-14/h11-14H,1-10H2,(H,23,25). The van der Waals surface area contributed by atoms with E-state index in [1.807, 2.05) is 0 Å². The molecule has 25 heavy (non-hydrogen) atoms. The van der Waals surface area contributed by atoms with Crippen molar-refractivity contribution in [2.75, 3.05) is 5.32 Å². The lowest BCUT2D eigenvalue weighted by Crippen LogP contribution is -2.50. The van der Waals surface area contributed by atoms with Gasteiger partial charge in [0.2, 0.25) is 0 Å². The van der Waals surface area contributed by atoms with Gasteiger partial charge in [-0.3, -0.25) is 0 Å². The van der Waals surface area contributed by atoms with Gasteiger partial charge in [0, 0.05) is 12.1 Å². The second-order valence-corrected chi connectivity index (χ2v) is 8.39. The van der Waals surface area contributed by atoms with E-state index in [2.05, 4.69) is 10.2 Å². The van der Waals surface area contributed by atoms with Crippen molar-refractivity contribution >= 4 is 46.5 Å². The molecule has 2 saturated carbocycles. The summed E-state index contributed by atoms with van der Waals surface area (Å²) in [5, 5.41) is 4.18. The Balaban J connectivity index is 1.79. The van der Waals surface area contributed by atoms with Gasteiger partial charge in [-0.25, -0.2) is 4.79 Å². The summed E-state index contributed by atoms with van der Waals surface area (Å²) in [5.41, 5.74) is 0.526. The molecule has 0 aromatic heterocycles. The second kappa shape index (κ2) is 8.83. The fourth-order valence-electron chi connectivity index (χ4n) is 4.15. The Morgan fingerprint density at radius 3 is 1.80 bits per heavy atom. The maximum absolute atomic E-state index is 13.1. The van der Waals surface area contributed by atoms with Crippen molar-refractivity contribution in [3.05, 3.63) is 27.2 Å². The first-order valence-corrected chi connectivity index (χ1v) is 10.4. The number of urea groups is 1. The van der Waals surface area contributed by atoms with Crippen LogP contribution in [0.25, 0.3) is 0 Å². The average molecular weight is 404 g/mol. The van der Waals surface area contributed by atoms with Gasteiger partial charge in [0.15, 0.2) is 0 Å². The van der Waals surface area contributed by atoms with E-state index in [9.17, 15) is 4.79 Å². The molecule has 2 amide bonds. The van der Waals surface area contributed by atoms with Crippen molar-refractivity contribution in [2.24, 2.45) is 0 Å². The number of rotatable bonds is 3. The van der Waals surface area contributed by atoms with Crippen molar-refractivity contribution in [3.63, 3.8) is 0 Å². The Bertz CT molecular complexity index is 593. The van der Waals surface area contributed by atoms with Crippen molar-refractivity contribution in [3.8, 4) is 0 Å². The quantitative estimate of drug-likeness (QED) is 0.534. The van der Waals surface area contributed by atoms with Crippen LogP contribution in [0.1, 0.15) is 64.2 Å². The summed E-state index contributed by atoms with van der Waals surface area (Å²) in [4.78, 5) is 15.2. The van der Waals surface area contributed by atoms with E-state index >= 15 is 0 Å². The van der Waals surface area contributed by atoms with Gasteiger partial charge in [0.1, 0.15) is 0 Å². The van der Waals surface area contributed by atoms with Gasteiger partial charge >= 0.3 is 6.03 Å². The van der Waals surface area contributed by atoms with Crippen LogP contribution in [0.5, 0.6) is 0 Å².